The molecule has 0 aliphatic carbocycles. The van der Waals surface area contributed by atoms with Gasteiger partial charge in [0.15, 0.2) is 0 Å². The van der Waals surface area contributed by atoms with E-state index in [9.17, 15) is 14.7 Å². The predicted molar refractivity (Wildman–Crippen MR) is 80.0 cm³/mol. The molecule has 0 aromatic heterocycles. The molecule has 116 valence electrons. The fourth-order valence-electron chi connectivity index (χ4n) is 1.84. The van der Waals surface area contributed by atoms with E-state index in [4.69, 9.17) is 4.74 Å². The summed E-state index contributed by atoms with van der Waals surface area (Å²) in [6.45, 7) is 3.48. The molecular weight excluding hydrogens is 272 g/mol. The quantitative estimate of drug-likeness (QED) is 0.674. The summed E-state index contributed by atoms with van der Waals surface area (Å²) in [5, 5.41) is 14.8. The van der Waals surface area contributed by atoms with Crippen LogP contribution < -0.4 is 10.6 Å². The summed E-state index contributed by atoms with van der Waals surface area (Å²) in [4.78, 5) is 23.5. The van der Waals surface area contributed by atoms with Gasteiger partial charge in [0.2, 0.25) is 0 Å². The molecule has 0 heterocycles. The SMILES string of the molecule is CCc1ccccc1NC(=O)C(=O)NCC(C)(O)COC. The molecule has 0 saturated heterocycles. The molecule has 0 fully saturated rings. The average molecular weight is 294 g/mol. The Hall–Kier alpha value is -1.92. The van der Waals surface area contributed by atoms with Gasteiger partial charge in [-0.1, -0.05) is 25.1 Å². The van der Waals surface area contributed by atoms with Crippen LogP contribution in [-0.2, 0) is 20.7 Å². The first kappa shape index (κ1) is 17.1. The predicted octanol–water partition coefficient (Wildman–Crippen LogP) is 0.701. The van der Waals surface area contributed by atoms with E-state index in [1.807, 2.05) is 19.1 Å². The number of para-hydroxylation sites is 1. The molecule has 1 atom stereocenters. The van der Waals surface area contributed by atoms with Gasteiger partial charge in [-0.25, -0.2) is 0 Å². The van der Waals surface area contributed by atoms with Crippen LogP contribution in [-0.4, -0.2) is 42.8 Å². The topological polar surface area (TPSA) is 87.7 Å². The van der Waals surface area contributed by atoms with Crippen LogP contribution >= 0.6 is 0 Å². The van der Waals surface area contributed by atoms with Crippen LogP contribution in [0, 0.1) is 0 Å². The Balaban J connectivity index is 2.57. The fraction of sp³-hybridized carbons (Fsp3) is 0.467. The molecule has 0 aliphatic rings. The van der Waals surface area contributed by atoms with Gasteiger partial charge >= 0.3 is 11.8 Å². The molecule has 0 aliphatic heterocycles. The number of benzene rings is 1. The number of anilines is 1. The molecule has 6 heteroatoms. The second-order valence-corrected chi connectivity index (χ2v) is 5.08. The number of methoxy groups -OCH3 is 1. The molecule has 6 nitrogen and oxygen atoms in total. The summed E-state index contributed by atoms with van der Waals surface area (Å²) in [5.74, 6) is -1.55. The third-order valence-corrected chi connectivity index (χ3v) is 2.94. The lowest BCUT2D eigenvalue weighted by Gasteiger charge is -2.22. The zero-order valence-electron chi connectivity index (χ0n) is 12.6. The molecule has 1 aromatic rings. The van der Waals surface area contributed by atoms with Crippen molar-refractivity contribution in [3.05, 3.63) is 29.8 Å². The largest absolute Gasteiger partial charge is 0.386 e. The first-order valence-electron chi connectivity index (χ1n) is 6.78. The van der Waals surface area contributed by atoms with Crippen LogP contribution in [0.3, 0.4) is 0 Å². The van der Waals surface area contributed by atoms with Crippen molar-refractivity contribution < 1.29 is 19.4 Å². The molecular formula is C15H22N2O4. The van der Waals surface area contributed by atoms with Crippen LogP contribution in [0.15, 0.2) is 24.3 Å². The summed E-state index contributed by atoms with van der Waals surface area (Å²) >= 11 is 0. The Kier molecular flexibility index (Phi) is 6.33. The number of carbonyl (C=O) groups excluding carboxylic acids is 2. The highest BCUT2D eigenvalue weighted by atomic mass is 16.5. The number of ether oxygens (including phenoxy) is 1. The number of nitrogens with one attached hydrogen (secondary N) is 2. The van der Waals surface area contributed by atoms with Crippen LogP contribution in [0.1, 0.15) is 19.4 Å². The van der Waals surface area contributed by atoms with Gasteiger partial charge in [0.05, 0.1) is 6.61 Å². The number of rotatable bonds is 6. The second-order valence-electron chi connectivity index (χ2n) is 5.08. The number of amides is 2. The van der Waals surface area contributed by atoms with Crippen molar-refractivity contribution in [1.82, 2.24) is 5.32 Å². The summed E-state index contributed by atoms with van der Waals surface area (Å²) in [7, 11) is 1.45. The van der Waals surface area contributed by atoms with E-state index in [2.05, 4.69) is 10.6 Å². The molecule has 0 saturated carbocycles. The number of aliphatic hydroxyl groups is 1. The number of hydrogen-bond acceptors (Lipinski definition) is 4. The molecule has 0 bridgehead atoms. The summed E-state index contributed by atoms with van der Waals surface area (Å²) in [6, 6.07) is 7.29. The van der Waals surface area contributed by atoms with Gasteiger partial charge in [0.1, 0.15) is 5.60 Å². The summed E-state index contributed by atoms with van der Waals surface area (Å²) < 4.78 is 4.82. The van der Waals surface area contributed by atoms with Crippen molar-refractivity contribution in [2.24, 2.45) is 0 Å². The van der Waals surface area contributed by atoms with Crippen molar-refractivity contribution in [3.63, 3.8) is 0 Å². The number of aryl methyl sites for hydroxylation is 1. The molecule has 0 radical (unpaired) electrons. The lowest BCUT2D eigenvalue weighted by Crippen LogP contribution is -2.46. The zero-order valence-corrected chi connectivity index (χ0v) is 12.6. The maximum atomic E-state index is 11.8. The van der Waals surface area contributed by atoms with E-state index >= 15 is 0 Å². The monoisotopic (exact) mass is 294 g/mol. The third kappa shape index (κ3) is 5.53. The Morgan fingerprint density at radius 2 is 1.95 bits per heavy atom. The Bertz CT molecular complexity index is 500. The highest BCUT2D eigenvalue weighted by molar-refractivity contribution is 6.39. The Labute approximate surface area is 124 Å². The van der Waals surface area contributed by atoms with Gasteiger partial charge in [0, 0.05) is 19.3 Å². The van der Waals surface area contributed by atoms with Crippen LogP contribution in [0.5, 0.6) is 0 Å². The van der Waals surface area contributed by atoms with Gasteiger partial charge in [-0.3, -0.25) is 9.59 Å². The van der Waals surface area contributed by atoms with Crippen LogP contribution in [0.4, 0.5) is 5.69 Å². The average Bonchev–Trinajstić information content (AvgIpc) is 2.45. The minimum Gasteiger partial charge on any atom is -0.386 e. The molecule has 1 aromatic carbocycles. The second kappa shape index (κ2) is 7.75. The lowest BCUT2D eigenvalue weighted by atomic mass is 10.1. The van der Waals surface area contributed by atoms with Gasteiger partial charge in [-0.05, 0) is 25.0 Å². The minimum atomic E-state index is -1.22. The maximum Gasteiger partial charge on any atom is 0.313 e. The van der Waals surface area contributed by atoms with Crippen molar-refractivity contribution in [2.45, 2.75) is 25.9 Å². The van der Waals surface area contributed by atoms with Gasteiger partial charge in [-0.15, -0.1) is 0 Å². The van der Waals surface area contributed by atoms with E-state index < -0.39 is 17.4 Å². The van der Waals surface area contributed by atoms with E-state index in [1.165, 1.54) is 14.0 Å². The highest BCUT2D eigenvalue weighted by Gasteiger charge is 2.23. The zero-order chi connectivity index (χ0) is 15.9. The summed E-state index contributed by atoms with van der Waals surface area (Å²) in [5.41, 5.74) is 0.347. The third-order valence-electron chi connectivity index (χ3n) is 2.94. The normalized spacial score (nSPS) is 13.3. The van der Waals surface area contributed by atoms with Crippen LogP contribution in [0.25, 0.3) is 0 Å². The molecule has 1 rings (SSSR count). The van der Waals surface area contributed by atoms with E-state index in [-0.39, 0.29) is 13.2 Å². The standard InChI is InChI=1S/C15H22N2O4/c1-4-11-7-5-6-8-12(11)17-14(19)13(18)16-9-15(2,20)10-21-3/h5-8,20H,4,9-10H2,1-3H3,(H,16,18)(H,17,19). The minimum absolute atomic E-state index is 0.0631. The lowest BCUT2D eigenvalue weighted by molar-refractivity contribution is -0.137. The van der Waals surface area contributed by atoms with E-state index in [0.29, 0.717) is 5.69 Å². The van der Waals surface area contributed by atoms with Gasteiger partial charge in [0.25, 0.3) is 0 Å². The van der Waals surface area contributed by atoms with Crippen molar-refractivity contribution in [3.8, 4) is 0 Å². The maximum absolute atomic E-state index is 11.8. The molecule has 2 amide bonds. The van der Waals surface area contributed by atoms with Gasteiger partial charge in [-0.2, -0.15) is 0 Å². The van der Waals surface area contributed by atoms with Crippen molar-refractivity contribution in [1.29, 1.82) is 0 Å². The highest BCUT2D eigenvalue weighted by Crippen LogP contribution is 2.15. The fourth-order valence-corrected chi connectivity index (χ4v) is 1.84. The first-order chi connectivity index (χ1) is 9.89. The van der Waals surface area contributed by atoms with E-state index in [1.54, 1.807) is 12.1 Å². The smallest absolute Gasteiger partial charge is 0.313 e. The van der Waals surface area contributed by atoms with E-state index in [0.717, 1.165) is 12.0 Å². The van der Waals surface area contributed by atoms with Gasteiger partial charge < -0.3 is 20.5 Å². The van der Waals surface area contributed by atoms with Crippen molar-refractivity contribution in [2.75, 3.05) is 25.6 Å². The van der Waals surface area contributed by atoms with Crippen molar-refractivity contribution >= 4 is 17.5 Å². The molecule has 21 heavy (non-hydrogen) atoms. The first-order valence-corrected chi connectivity index (χ1v) is 6.78. The molecule has 3 N–H and O–H groups in total. The Morgan fingerprint density at radius 1 is 1.29 bits per heavy atom. The molecule has 0 spiro atoms. The number of hydrogen-bond donors (Lipinski definition) is 3. The molecule has 1 unspecified atom stereocenters. The Morgan fingerprint density at radius 3 is 2.57 bits per heavy atom. The van der Waals surface area contributed by atoms with Crippen LogP contribution in [0.2, 0.25) is 0 Å². The number of carbonyl (C=O) groups is 2. The summed E-state index contributed by atoms with van der Waals surface area (Å²) in [6.07, 6.45) is 0.751.